The van der Waals surface area contributed by atoms with Gasteiger partial charge in [0.25, 0.3) is 0 Å². The molecule has 7 heavy (non-hydrogen) atoms. The second-order valence-corrected chi connectivity index (χ2v) is 2.45. The third-order valence-corrected chi connectivity index (χ3v) is 0. The van der Waals surface area contributed by atoms with Crippen LogP contribution in [0.2, 0.25) is 0 Å². The van der Waals surface area contributed by atoms with Gasteiger partial charge in [-0.2, -0.15) is 0 Å². The molecule has 0 rings (SSSR count). The van der Waals surface area contributed by atoms with Crippen molar-refractivity contribution >= 4 is 20.2 Å². The Hall–Kier alpha value is 1.81. The Morgan fingerprint density at radius 3 is 1.43 bits per heavy atom. The first-order valence-electron chi connectivity index (χ1n) is 0.667. The molecule has 0 aliphatic heterocycles. The summed E-state index contributed by atoms with van der Waals surface area (Å²) in [7, 11) is -4.33. The molecule has 0 aromatic rings. The van der Waals surface area contributed by atoms with Crippen molar-refractivity contribution in [3.05, 3.63) is 0 Å². The minimum atomic E-state index is -4.33. The van der Waals surface area contributed by atoms with E-state index >= 15 is 0 Å². The summed E-state index contributed by atoms with van der Waals surface area (Å²) < 4.78 is 26.7. The van der Waals surface area contributed by atoms with E-state index in [1.807, 2.05) is 0 Å². The summed E-state index contributed by atoms with van der Waals surface area (Å²) in [5, 5.41) is 0. The third kappa shape index (κ3) is 80.5. The van der Waals surface area contributed by atoms with Crippen LogP contribution < -0.4 is 29.6 Å². The summed E-state index contributed by atoms with van der Waals surface area (Å²) in [5.41, 5.74) is 0. The predicted molar refractivity (Wildman–Crippen MR) is 17.1 cm³/mol. The summed E-state index contributed by atoms with van der Waals surface area (Å²) in [6.45, 7) is 0. The zero-order valence-electron chi connectivity index (χ0n) is 3.39. The Balaban J connectivity index is -0.0000000800. The van der Waals surface area contributed by atoms with E-state index in [4.69, 9.17) is 13.3 Å². The van der Waals surface area contributed by atoms with Gasteiger partial charge in [0, 0.05) is 0 Å². The molecule has 7 heteroatoms. The Labute approximate surface area is 79.3 Å². The van der Waals surface area contributed by atoms with Crippen molar-refractivity contribution in [1.29, 1.82) is 0 Å². The molecule has 0 fully saturated rings. The summed E-state index contributed by atoms with van der Waals surface area (Å²) >= 11 is 3.24. The largest absolute Gasteiger partial charge is 2.00 e. The van der Waals surface area contributed by atoms with E-state index in [9.17, 15) is 0 Å². The quantitative estimate of drug-likeness (QED) is 0.366. The summed E-state index contributed by atoms with van der Waals surface area (Å²) in [6.07, 6.45) is 0. The van der Waals surface area contributed by atoms with Crippen LogP contribution in [0.1, 0.15) is 0 Å². The molecule has 38 valence electrons. The second kappa shape index (κ2) is 5.94. The van der Waals surface area contributed by atoms with Crippen molar-refractivity contribution in [3.63, 3.8) is 0 Å². The maximum atomic E-state index is 8.89. The molecular weight excluding hydrogens is 191 g/mol. The van der Waals surface area contributed by atoms with Gasteiger partial charge in [0.2, 0.25) is 0 Å². The predicted octanol–water partition coefficient (Wildman–Crippen LogP) is -4.00. The average Bonchev–Trinajstić information content (AvgIpc) is 0.722. The molecule has 3 nitrogen and oxygen atoms in total. The third-order valence-electron chi connectivity index (χ3n) is 0. The van der Waals surface area contributed by atoms with Crippen LogP contribution >= 0.6 is 0 Å². The molecule has 0 radical (unpaired) electrons. The number of rotatable bonds is 0. The van der Waals surface area contributed by atoms with E-state index in [2.05, 4.69) is 11.2 Å². The molecule has 0 N–H and O–H groups in total. The molecule has 0 heterocycles. The van der Waals surface area contributed by atoms with E-state index in [1.54, 1.807) is 0 Å². The topological polar surface area (TPSA) is 63.2 Å². The Morgan fingerprint density at radius 1 is 1.43 bits per heavy atom. The number of hydrogen-bond donors (Lipinski definition) is 0. The molecule has 0 bridgehead atoms. The minimum absolute atomic E-state index is 0. The molecule has 0 atom stereocenters. The zero-order valence-corrected chi connectivity index (χ0v) is 8.13. The molecule has 0 aliphatic rings. The second-order valence-electron chi connectivity index (χ2n) is 0.408. The van der Waals surface area contributed by atoms with Crippen molar-refractivity contribution < 1.29 is 59.9 Å². The van der Waals surface area contributed by atoms with Crippen molar-refractivity contribution in [2.45, 2.75) is 0 Å². The molecule has 0 amide bonds. The molecule has 0 unspecified atom stereocenters. The van der Waals surface area contributed by atoms with Gasteiger partial charge >= 0.3 is 46.6 Å². The molecule has 0 spiro atoms. The van der Waals surface area contributed by atoms with Crippen LogP contribution in [0, 0.1) is 0 Å². The van der Waals surface area contributed by atoms with E-state index in [0.29, 0.717) is 0 Å². The van der Waals surface area contributed by atoms with Crippen LogP contribution in [-0.2, 0) is 37.3 Å². The smallest absolute Gasteiger partial charge is 0.780 e. The van der Waals surface area contributed by atoms with Gasteiger partial charge in [-0.05, 0) is 11.2 Å². The standard InChI is InChI=1S/Fe.Na.H2O3S2/c;;1-5(2,3)4/h;;(H2,1,2,3,4)/q+2;+1;/p-2. The van der Waals surface area contributed by atoms with Crippen LogP contribution in [0.25, 0.3) is 0 Å². The Kier molecular flexibility index (Phi) is 13.5. The fourth-order valence-corrected chi connectivity index (χ4v) is 0. The first-order chi connectivity index (χ1) is 2.00. The van der Waals surface area contributed by atoms with Crippen LogP contribution in [0.3, 0.4) is 0 Å². The van der Waals surface area contributed by atoms with Gasteiger partial charge in [-0.1, -0.05) is 0 Å². The van der Waals surface area contributed by atoms with Crippen molar-refractivity contribution in [2.24, 2.45) is 0 Å². The van der Waals surface area contributed by atoms with Crippen molar-refractivity contribution in [3.8, 4) is 0 Å². The SMILES string of the molecule is O=S([O-])([O-])=S.[Fe+2].[Na+]. The van der Waals surface area contributed by atoms with E-state index in [0.717, 1.165) is 0 Å². The van der Waals surface area contributed by atoms with Crippen LogP contribution in [0.5, 0.6) is 0 Å². The Bertz CT molecular complexity index is 96.1. The minimum Gasteiger partial charge on any atom is -0.780 e. The van der Waals surface area contributed by atoms with Crippen LogP contribution in [0.15, 0.2) is 0 Å². The van der Waals surface area contributed by atoms with E-state index in [-0.39, 0.29) is 46.6 Å². The van der Waals surface area contributed by atoms with Gasteiger partial charge in [0.05, 0.1) is 0 Å². The maximum Gasteiger partial charge on any atom is 2.00 e. The van der Waals surface area contributed by atoms with Crippen LogP contribution in [0.4, 0.5) is 0 Å². The summed E-state index contributed by atoms with van der Waals surface area (Å²) in [5.74, 6) is 0. The van der Waals surface area contributed by atoms with Gasteiger partial charge in [-0.25, -0.2) is 0 Å². The van der Waals surface area contributed by atoms with E-state index in [1.165, 1.54) is 0 Å². The first-order valence-corrected chi connectivity index (χ1v) is 3.00. The van der Waals surface area contributed by atoms with Gasteiger partial charge < -0.3 is 9.11 Å². The fourth-order valence-electron chi connectivity index (χ4n) is 0. The zero-order chi connectivity index (χ0) is 4.50. The molecular formula is FeNaO3S2+. The average molecular weight is 191 g/mol. The van der Waals surface area contributed by atoms with Gasteiger partial charge in [-0.3, -0.25) is 4.21 Å². The monoisotopic (exact) mass is 191 g/mol. The fraction of sp³-hybridized carbons (Fsp3) is 0. The van der Waals surface area contributed by atoms with Gasteiger partial charge in [0.1, 0.15) is 0 Å². The van der Waals surface area contributed by atoms with Crippen molar-refractivity contribution in [1.82, 2.24) is 0 Å². The maximum absolute atomic E-state index is 8.89. The normalized spacial score (nSPS) is 8.29. The first kappa shape index (κ1) is 15.9. The molecule has 0 saturated carbocycles. The summed E-state index contributed by atoms with van der Waals surface area (Å²) in [6, 6.07) is 0. The number of hydrogen-bond acceptors (Lipinski definition) is 4. The van der Waals surface area contributed by atoms with Gasteiger partial charge in [-0.15, -0.1) is 9.05 Å². The summed E-state index contributed by atoms with van der Waals surface area (Å²) in [4.78, 5) is 0. The Morgan fingerprint density at radius 2 is 1.43 bits per heavy atom. The van der Waals surface area contributed by atoms with Crippen molar-refractivity contribution in [2.75, 3.05) is 0 Å². The molecule has 0 aromatic carbocycles. The van der Waals surface area contributed by atoms with Gasteiger partial charge in [0.15, 0.2) is 0 Å². The molecule has 0 aliphatic carbocycles. The molecule has 0 saturated heterocycles. The van der Waals surface area contributed by atoms with E-state index < -0.39 is 9.05 Å². The van der Waals surface area contributed by atoms with Crippen LogP contribution in [-0.4, -0.2) is 13.3 Å². The molecule has 0 aromatic heterocycles.